The fraction of sp³-hybridized carbons (Fsp3) is 0.818. The smallest absolute Gasteiger partial charge is 0.307 e. The van der Waals surface area contributed by atoms with E-state index in [2.05, 4.69) is 5.32 Å². The Morgan fingerprint density at radius 3 is 2.83 bits per heavy atom. The van der Waals surface area contributed by atoms with Crippen LogP contribution in [0.1, 0.15) is 27.2 Å². The van der Waals surface area contributed by atoms with Crippen LogP contribution in [0.5, 0.6) is 0 Å². The molecular formula is C11H20NO5P. The van der Waals surface area contributed by atoms with Crippen LogP contribution in [-0.4, -0.2) is 37.7 Å². The van der Waals surface area contributed by atoms with E-state index < -0.39 is 6.10 Å². The highest BCUT2D eigenvalue weighted by Crippen LogP contribution is 2.37. The molecular weight excluding hydrogens is 257 g/mol. The predicted molar refractivity (Wildman–Crippen MR) is 67.2 cm³/mol. The Morgan fingerprint density at radius 2 is 2.22 bits per heavy atom. The molecule has 7 heteroatoms. The highest BCUT2D eigenvalue weighted by atomic mass is 31.1. The SMILES string of the molecule is CCOC(=O)CCNC(=O)[C@@H]1OPOCC1(C)C. The normalized spacial score (nSPS) is 23.6. The maximum Gasteiger partial charge on any atom is 0.307 e. The van der Waals surface area contributed by atoms with Crippen molar-refractivity contribution in [2.75, 3.05) is 19.8 Å². The predicted octanol–water partition coefficient (Wildman–Crippen LogP) is 1.01. The van der Waals surface area contributed by atoms with Gasteiger partial charge in [-0.1, -0.05) is 13.8 Å². The molecule has 1 N–H and O–H groups in total. The molecule has 0 spiro atoms. The summed E-state index contributed by atoms with van der Waals surface area (Å²) in [5.41, 5.74) is -0.362. The number of ether oxygens (including phenoxy) is 1. The molecule has 1 rings (SSSR count). The van der Waals surface area contributed by atoms with Gasteiger partial charge < -0.3 is 19.1 Å². The van der Waals surface area contributed by atoms with E-state index in [1.165, 1.54) is 0 Å². The maximum atomic E-state index is 11.9. The first-order valence-electron chi connectivity index (χ1n) is 5.93. The Labute approximate surface area is 109 Å². The van der Waals surface area contributed by atoms with Gasteiger partial charge in [-0.25, -0.2) is 0 Å². The molecule has 1 heterocycles. The summed E-state index contributed by atoms with van der Waals surface area (Å²) in [7, 11) is -0.110. The molecule has 1 saturated heterocycles. The number of esters is 1. The van der Waals surface area contributed by atoms with Gasteiger partial charge in [-0.2, -0.15) is 0 Å². The lowest BCUT2D eigenvalue weighted by molar-refractivity contribution is -0.143. The first-order chi connectivity index (χ1) is 8.47. The number of rotatable bonds is 5. The van der Waals surface area contributed by atoms with E-state index in [0.29, 0.717) is 13.2 Å². The van der Waals surface area contributed by atoms with Crippen molar-refractivity contribution >= 4 is 20.9 Å². The van der Waals surface area contributed by atoms with E-state index in [0.717, 1.165) is 0 Å². The zero-order chi connectivity index (χ0) is 13.6. The fourth-order valence-corrected chi connectivity index (χ4v) is 2.58. The highest BCUT2D eigenvalue weighted by Gasteiger charge is 2.39. The van der Waals surface area contributed by atoms with Crippen molar-refractivity contribution in [3.8, 4) is 0 Å². The van der Waals surface area contributed by atoms with Gasteiger partial charge in [0.25, 0.3) is 0 Å². The lowest BCUT2D eigenvalue weighted by atomic mass is 9.87. The molecule has 0 aromatic heterocycles. The molecule has 0 aromatic rings. The first kappa shape index (κ1) is 15.3. The molecule has 2 atom stereocenters. The second-order valence-corrected chi connectivity index (χ2v) is 5.40. The topological polar surface area (TPSA) is 73.9 Å². The summed E-state index contributed by atoms with van der Waals surface area (Å²) in [5.74, 6) is -0.521. The van der Waals surface area contributed by atoms with Gasteiger partial charge in [0.05, 0.1) is 19.6 Å². The van der Waals surface area contributed by atoms with E-state index >= 15 is 0 Å². The van der Waals surface area contributed by atoms with Crippen molar-refractivity contribution < 1.29 is 23.4 Å². The van der Waals surface area contributed by atoms with Crippen LogP contribution in [0.4, 0.5) is 0 Å². The second-order valence-electron chi connectivity index (χ2n) is 4.70. The highest BCUT2D eigenvalue weighted by molar-refractivity contribution is 7.26. The van der Waals surface area contributed by atoms with Crippen LogP contribution in [0.25, 0.3) is 0 Å². The van der Waals surface area contributed by atoms with Crippen molar-refractivity contribution in [2.24, 2.45) is 5.41 Å². The van der Waals surface area contributed by atoms with Gasteiger partial charge in [-0.05, 0) is 6.92 Å². The summed E-state index contributed by atoms with van der Waals surface area (Å²) in [6.45, 7) is 6.66. The van der Waals surface area contributed by atoms with E-state index in [1.54, 1.807) is 6.92 Å². The first-order valence-corrected chi connectivity index (χ1v) is 6.75. The van der Waals surface area contributed by atoms with Gasteiger partial charge in [0, 0.05) is 12.0 Å². The van der Waals surface area contributed by atoms with Crippen LogP contribution < -0.4 is 5.32 Å². The molecule has 1 aliphatic heterocycles. The molecule has 0 aliphatic carbocycles. The van der Waals surface area contributed by atoms with Crippen molar-refractivity contribution in [1.82, 2.24) is 5.32 Å². The minimum Gasteiger partial charge on any atom is -0.466 e. The zero-order valence-electron chi connectivity index (χ0n) is 10.9. The monoisotopic (exact) mass is 277 g/mol. The minimum absolute atomic E-state index is 0.110. The lowest BCUT2D eigenvalue weighted by Crippen LogP contribution is -2.48. The van der Waals surface area contributed by atoms with Gasteiger partial charge in [-0.3, -0.25) is 9.59 Å². The van der Waals surface area contributed by atoms with Gasteiger partial charge in [0.2, 0.25) is 5.91 Å². The Kier molecular flexibility index (Phi) is 5.99. The van der Waals surface area contributed by atoms with Crippen molar-refractivity contribution in [1.29, 1.82) is 0 Å². The molecule has 1 unspecified atom stereocenters. The van der Waals surface area contributed by atoms with Gasteiger partial charge in [0.1, 0.15) is 6.10 Å². The third-order valence-electron chi connectivity index (χ3n) is 2.55. The van der Waals surface area contributed by atoms with Crippen molar-refractivity contribution in [3.05, 3.63) is 0 Å². The molecule has 1 aliphatic rings. The van der Waals surface area contributed by atoms with E-state index in [-0.39, 0.29) is 39.3 Å². The van der Waals surface area contributed by atoms with Crippen LogP contribution >= 0.6 is 9.03 Å². The molecule has 1 fully saturated rings. The molecule has 0 aromatic carbocycles. The lowest BCUT2D eigenvalue weighted by Gasteiger charge is -2.36. The number of hydrogen-bond donors (Lipinski definition) is 1. The van der Waals surface area contributed by atoms with E-state index in [4.69, 9.17) is 13.8 Å². The van der Waals surface area contributed by atoms with Crippen LogP contribution in [0.15, 0.2) is 0 Å². The number of amides is 1. The maximum absolute atomic E-state index is 11.9. The molecule has 0 bridgehead atoms. The summed E-state index contributed by atoms with van der Waals surface area (Å²) < 4.78 is 15.3. The van der Waals surface area contributed by atoms with Gasteiger partial charge >= 0.3 is 5.97 Å². The number of hydrogen-bond acceptors (Lipinski definition) is 5. The third-order valence-corrected chi connectivity index (χ3v) is 3.14. The van der Waals surface area contributed by atoms with E-state index in [9.17, 15) is 9.59 Å². The van der Waals surface area contributed by atoms with E-state index in [1.807, 2.05) is 13.8 Å². The fourth-order valence-electron chi connectivity index (χ4n) is 1.55. The summed E-state index contributed by atoms with van der Waals surface area (Å²) >= 11 is 0. The summed E-state index contributed by atoms with van der Waals surface area (Å²) in [6, 6.07) is 0. The molecule has 0 radical (unpaired) electrons. The van der Waals surface area contributed by atoms with Crippen LogP contribution in [0, 0.1) is 5.41 Å². The number of carbonyl (C=O) groups excluding carboxylic acids is 2. The van der Waals surface area contributed by atoms with Crippen LogP contribution in [-0.2, 0) is 23.4 Å². The minimum atomic E-state index is -0.535. The van der Waals surface area contributed by atoms with Crippen LogP contribution in [0.3, 0.4) is 0 Å². The zero-order valence-corrected chi connectivity index (χ0v) is 11.9. The molecule has 18 heavy (non-hydrogen) atoms. The van der Waals surface area contributed by atoms with Crippen molar-refractivity contribution in [3.63, 3.8) is 0 Å². The van der Waals surface area contributed by atoms with Gasteiger partial charge in [-0.15, -0.1) is 0 Å². The van der Waals surface area contributed by atoms with Crippen molar-refractivity contribution in [2.45, 2.75) is 33.3 Å². The second kappa shape index (κ2) is 7.02. The molecule has 6 nitrogen and oxygen atoms in total. The Hall–Kier alpha value is -0.710. The quantitative estimate of drug-likeness (QED) is 0.599. The molecule has 104 valence electrons. The third kappa shape index (κ3) is 4.52. The Morgan fingerprint density at radius 1 is 1.50 bits per heavy atom. The number of nitrogens with one attached hydrogen (secondary N) is 1. The van der Waals surface area contributed by atoms with Gasteiger partial charge in [0.15, 0.2) is 9.03 Å². The average molecular weight is 277 g/mol. The molecule has 1 amide bonds. The average Bonchev–Trinajstić information content (AvgIpc) is 2.28. The Bertz CT molecular complexity index is 308. The Balaban J connectivity index is 2.34. The number of carbonyl (C=O) groups is 2. The summed E-state index contributed by atoms with van der Waals surface area (Å²) in [6.07, 6.45) is -0.363. The largest absolute Gasteiger partial charge is 0.466 e. The van der Waals surface area contributed by atoms with Crippen LogP contribution in [0.2, 0.25) is 0 Å². The summed E-state index contributed by atoms with van der Waals surface area (Å²) in [4.78, 5) is 23.0. The molecule has 0 saturated carbocycles. The summed E-state index contributed by atoms with van der Waals surface area (Å²) in [5, 5.41) is 2.68. The standard InChI is InChI=1S/C11H20NO5P/c1-4-15-8(13)5-6-12-10(14)9-11(2,3)7-16-18-17-9/h9,18H,4-7H2,1-3H3,(H,12,14)/t9-/m0/s1.